The van der Waals surface area contributed by atoms with Gasteiger partial charge in [-0.05, 0) is 49.9 Å². The van der Waals surface area contributed by atoms with E-state index < -0.39 is 0 Å². The molecule has 0 heterocycles. The van der Waals surface area contributed by atoms with Crippen molar-refractivity contribution in [3.05, 3.63) is 24.3 Å². The summed E-state index contributed by atoms with van der Waals surface area (Å²) in [6, 6.07) is 7.67. The van der Waals surface area contributed by atoms with Gasteiger partial charge >= 0.3 is 0 Å². The number of nitrogen functional groups attached to an aromatic ring is 1. The molecule has 1 aromatic rings. The molecule has 1 aromatic carbocycles. The first-order valence-electron chi connectivity index (χ1n) is 5.47. The number of nitrogens with zero attached hydrogens (tertiary/aromatic N) is 1. The number of hydrogen-bond donors (Lipinski definition) is 1. The number of rotatable bonds is 4. The lowest BCUT2D eigenvalue weighted by molar-refractivity contribution is 0.603. The smallest absolute Gasteiger partial charge is 0.0630 e. The molecule has 0 aromatic heterocycles. The Morgan fingerprint density at radius 1 is 1.27 bits per heavy atom. The summed E-state index contributed by atoms with van der Waals surface area (Å²) in [4.78, 5) is 4.53. The van der Waals surface area contributed by atoms with Crippen molar-refractivity contribution in [1.82, 2.24) is 0 Å². The molecule has 2 nitrogen and oxygen atoms in total. The predicted molar refractivity (Wildman–Crippen MR) is 67.7 cm³/mol. The zero-order chi connectivity index (χ0) is 11.3. The highest BCUT2D eigenvalue weighted by molar-refractivity contribution is 5.84. The zero-order valence-electron chi connectivity index (χ0n) is 9.83. The van der Waals surface area contributed by atoms with Crippen LogP contribution in [0.2, 0.25) is 0 Å². The first-order chi connectivity index (χ1) is 7.08. The van der Waals surface area contributed by atoms with Crippen molar-refractivity contribution in [3.8, 4) is 0 Å². The average Bonchev–Trinajstić information content (AvgIpc) is 2.19. The predicted octanol–water partition coefficient (Wildman–Crippen LogP) is 3.80. The SMILES string of the molecule is CC(CCC(C)C)=Nc1ccc(N)cc1. The van der Waals surface area contributed by atoms with E-state index in [1.165, 1.54) is 12.1 Å². The molecule has 0 bridgehead atoms. The lowest BCUT2D eigenvalue weighted by Crippen LogP contribution is -1.95. The first kappa shape index (κ1) is 11.8. The molecular formula is C13H20N2. The zero-order valence-corrected chi connectivity index (χ0v) is 9.83. The molecule has 0 unspecified atom stereocenters. The van der Waals surface area contributed by atoms with Crippen molar-refractivity contribution in [2.75, 3.05) is 5.73 Å². The van der Waals surface area contributed by atoms with Gasteiger partial charge in [0.25, 0.3) is 0 Å². The number of benzene rings is 1. The fraction of sp³-hybridized carbons (Fsp3) is 0.462. The highest BCUT2D eigenvalue weighted by Crippen LogP contribution is 2.15. The Labute approximate surface area is 92.2 Å². The van der Waals surface area contributed by atoms with Gasteiger partial charge in [0.15, 0.2) is 0 Å². The van der Waals surface area contributed by atoms with E-state index in [1.807, 2.05) is 24.3 Å². The van der Waals surface area contributed by atoms with Crippen LogP contribution in [0.4, 0.5) is 11.4 Å². The molecule has 0 aliphatic heterocycles. The molecule has 0 aliphatic carbocycles. The van der Waals surface area contributed by atoms with Gasteiger partial charge in [0.1, 0.15) is 0 Å². The Bertz CT molecular complexity index is 323. The van der Waals surface area contributed by atoms with Gasteiger partial charge in [0, 0.05) is 11.4 Å². The summed E-state index contributed by atoms with van der Waals surface area (Å²) in [5, 5.41) is 0. The van der Waals surface area contributed by atoms with Crippen LogP contribution in [0.5, 0.6) is 0 Å². The van der Waals surface area contributed by atoms with Gasteiger partial charge in [-0.3, -0.25) is 4.99 Å². The topological polar surface area (TPSA) is 38.4 Å². The van der Waals surface area contributed by atoms with Crippen molar-refractivity contribution < 1.29 is 0 Å². The van der Waals surface area contributed by atoms with Crippen LogP contribution in [-0.2, 0) is 0 Å². The Morgan fingerprint density at radius 3 is 2.40 bits per heavy atom. The second-order valence-corrected chi connectivity index (χ2v) is 4.37. The van der Waals surface area contributed by atoms with Crippen molar-refractivity contribution >= 4 is 17.1 Å². The molecule has 0 saturated carbocycles. The molecule has 0 aliphatic rings. The van der Waals surface area contributed by atoms with E-state index in [0.29, 0.717) is 0 Å². The van der Waals surface area contributed by atoms with Crippen molar-refractivity contribution in [3.63, 3.8) is 0 Å². The number of anilines is 1. The number of nitrogens with two attached hydrogens (primary N) is 1. The minimum absolute atomic E-state index is 0.738. The Hall–Kier alpha value is -1.31. The third kappa shape index (κ3) is 4.63. The van der Waals surface area contributed by atoms with E-state index in [2.05, 4.69) is 25.8 Å². The summed E-state index contributed by atoms with van der Waals surface area (Å²) in [6.07, 6.45) is 2.27. The van der Waals surface area contributed by atoms with Gasteiger partial charge in [0.05, 0.1) is 5.69 Å². The molecule has 15 heavy (non-hydrogen) atoms. The van der Waals surface area contributed by atoms with E-state index >= 15 is 0 Å². The summed E-state index contributed by atoms with van der Waals surface area (Å²) >= 11 is 0. The van der Waals surface area contributed by atoms with Gasteiger partial charge in [-0.15, -0.1) is 0 Å². The standard InChI is InChI=1S/C13H20N2/c1-10(2)4-5-11(3)15-13-8-6-12(14)7-9-13/h6-10H,4-5,14H2,1-3H3. The maximum absolute atomic E-state index is 5.61. The van der Waals surface area contributed by atoms with E-state index in [-0.39, 0.29) is 0 Å². The van der Waals surface area contributed by atoms with Crippen LogP contribution in [0.3, 0.4) is 0 Å². The molecule has 82 valence electrons. The van der Waals surface area contributed by atoms with Gasteiger partial charge in [-0.25, -0.2) is 0 Å². The average molecular weight is 204 g/mol. The molecule has 2 N–H and O–H groups in total. The quantitative estimate of drug-likeness (QED) is 0.588. The molecule has 1 rings (SSSR count). The van der Waals surface area contributed by atoms with E-state index in [9.17, 15) is 0 Å². The Balaban J connectivity index is 2.58. The maximum atomic E-state index is 5.61. The highest BCUT2D eigenvalue weighted by Gasteiger charge is 1.97. The Morgan fingerprint density at radius 2 is 1.87 bits per heavy atom. The van der Waals surface area contributed by atoms with Gasteiger partial charge in [-0.2, -0.15) is 0 Å². The van der Waals surface area contributed by atoms with Crippen LogP contribution in [0.15, 0.2) is 29.3 Å². The van der Waals surface area contributed by atoms with Crippen LogP contribution in [0.1, 0.15) is 33.6 Å². The van der Waals surface area contributed by atoms with Crippen molar-refractivity contribution in [2.24, 2.45) is 10.9 Å². The Kier molecular flexibility index (Phi) is 4.35. The highest BCUT2D eigenvalue weighted by atomic mass is 14.7. The number of hydrogen-bond acceptors (Lipinski definition) is 2. The first-order valence-corrected chi connectivity index (χ1v) is 5.47. The lowest BCUT2D eigenvalue weighted by atomic mass is 10.1. The van der Waals surface area contributed by atoms with E-state index in [4.69, 9.17) is 5.73 Å². The largest absolute Gasteiger partial charge is 0.399 e. The van der Waals surface area contributed by atoms with Crippen LogP contribution in [0.25, 0.3) is 0 Å². The summed E-state index contributed by atoms with van der Waals surface area (Å²) in [5.41, 5.74) is 8.57. The van der Waals surface area contributed by atoms with Gasteiger partial charge in [0.2, 0.25) is 0 Å². The molecule has 0 saturated heterocycles. The lowest BCUT2D eigenvalue weighted by Gasteiger charge is -2.04. The van der Waals surface area contributed by atoms with Gasteiger partial charge in [-0.1, -0.05) is 13.8 Å². The summed E-state index contributed by atoms with van der Waals surface area (Å²) < 4.78 is 0. The maximum Gasteiger partial charge on any atom is 0.0630 e. The molecule has 0 amide bonds. The second-order valence-electron chi connectivity index (χ2n) is 4.37. The van der Waals surface area contributed by atoms with Gasteiger partial charge < -0.3 is 5.73 Å². The minimum atomic E-state index is 0.738. The van der Waals surface area contributed by atoms with Crippen LogP contribution in [0, 0.1) is 5.92 Å². The fourth-order valence-corrected chi connectivity index (χ4v) is 1.32. The number of aliphatic imine (C=N–C) groups is 1. The third-order valence-electron chi connectivity index (χ3n) is 2.30. The molecule has 0 radical (unpaired) electrons. The summed E-state index contributed by atoms with van der Waals surface area (Å²) in [6.45, 7) is 6.55. The van der Waals surface area contributed by atoms with Crippen LogP contribution >= 0.6 is 0 Å². The van der Waals surface area contributed by atoms with Crippen molar-refractivity contribution in [1.29, 1.82) is 0 Å². The monoisotopic (exact) mass is 204 g/mol. The molecular weight excluding hydrogens is 184 g/mol. The molecule has 0 fully saturated rings. The molecule has 0 spiro atoms. The van der Waals surface area contributed by atoms with E-state index in [0.717, 1.165) is 23.7 Å². The van der Waals surface area contributed by atoms with E-state index in [1.54, 1.807) is 0 Å². The van der Waals surface area contributed by atoms with Crippen LogP contribution < -0.4 is 5.73 Å². The molecule has 2 heteroatoms. The summed E-state index contributed by atoms with van der Waals surface area (Å²) in [5.74, 6) is 0.738. The molecule has 0 atom stereocenters. The normalized spacial score (nSPS) is 12.1. The second kappa shape index (κ2) is 5.54. The summed E-state index contributed by atoms with van der Waals surface area (Å²) in [7, 11) is 0. The van der Waals surface area contributed by atoms with Crippen molar-refractivity contribution in [2.45, 2.75) is 33.6 Å². The minimum Gasteiger partial charge on any atom is -0.399 e. The fourth-order valence-electron chi connectivity index (χ4n) is 1.32. The van der Waals surface area contributed by atoms with Crippen LogP contribution in [-0.4, -0.2) is 5.71 Å². The third-order valence-corrected chi connectivity index (χ3v) is 2.30.